The Morgan fingerprint density at radius 1 is 1.00 bits per heavy atom. The zero-order chi connectivity index (χ0) is 21.7. The maximum Gasteiger partial charge on any atom is 0.501 e. The quantitative estimate of drug-likeness (QED) is 0.658. The number of alkyl halides is 3. The third kappa shape index (κ3) is 5.33. The summed E-state index contributed by atoms with van der Waals surface area (Å²) in [5.74, 6) is -1.18. The molecule has 2 amide bonds. The number of halogens is 3. The maximum absolute atomic E-state index is 12.6. The standard InChI is InChI=1S/C18H17F3N2O5S/c1-28-11-10-22-17(25)14-4-2-3-5-15(14)23-16(24)12-6-8-13(9-7-12)29(26,27)18(19,20)21/h2-9H,10-11H2,1H3,(H,22,25)(H,23,24). The summed E-state index contributed by atoms with van der Waals surface area (Å²) in [5, 5.41) is 5.09. The Morgan fingerprint density at radius 3 is 2.21 bits per heavy atom. The Hall–Kier alpha value is -2.92. The molecule has 0 heterocycles. The largest absolute Gasteiger partial charge is 0.501 e. The maximum atomic E-state index is 12.6. The van der Waals surface area contributed by atoms with Gasteiger partial charge in [0.25, 0.3) is 21.7 Å². The first-order valence-electron chi connectivity index (χ1n) is 8.17. The van der Waals surface area contributed by atoms with Crippen molar-refractivity contribution in [2.75, 3.05) is 25.6 Å². The predicted octanol–water partition coefficient (Wildman–Crippen LogP) is 2.61. The molecule has 0 saturated heterocycles. The highest BCUT2D eigenvalue weighted by atomic mass is 32.2. The minimum Gasteiger partial charge on any atom is -0.383 e. The Bertz CT molecular complexity index is 989. The van der Waals surface area contributed by atoms with E-state index < -0.39 is 32.1 Å². The van der Waals surface area contributed by atoms with Crippen LogP contribution in [-0.4, -0.2) is 46.0 Å². The Morgan fingerprint density at radius 2 is 1.62 bits per heavy atom. The van der Waals surface area contributed by atoms with Crippen molar-refractivity contribution >= 4 is 27.3 Å². The molecule has 0 fully saturated rings. The Kier molecular flexibility index (Phi) is 6.98. The number of hydrogen-bond donors (Lipinski definition) is 2. The fraction of sp³-hybridized carbons (Fsp3) is 0.222. The van der Waals surface area contributed by atoms with Crippen LogP contribution < -0.4 is 10.6 Å². The highest BCUT2D eigenvalue weighted by Crippen LogP contribution is 2.30. The lowest BCUT2D eigenvalue weighted by Gasteiger charge is -2.12. The van der Waals surface area contributed by atoms with Crippen LogP contribution in [0.15, 0.2) is 53.4 Å². The number of anilines is 1. The van der Waals surface area contributed by atoms with Gasteiger partial charge in [0, 0.05) is 19.2 Å². The number of methoxy groups -OCH3 is 1. The molecule has 0 atom stereocenters. The monoisotopic (exact) mass is 430 g/mol. The lowest BCUT2D eigenvalue weighted by Crippen LogP contribution is -2.28. The molecule has 2 N–H and O–H groups in total. The molecule has 0 radical (unpaired) electrons. The van der Waals surface area contributed by atoms with E-state index in [0.29, 0.717) is 18.7 Å². The second kappa shape index (κ2) is 9.05. The van der Waals surface area contributed by atoms with E-state index in [9.17, 15) is 31.2 Å². The molecule has 2 aromatic carbocycles. The topological polar surface area (TPSA) is 102 Å². The summed E-state index contributed by atoms with van der Waals surface area (Å²) < 4.78 is 65.3. The van der Waals surface area contributed by atoms with E-state index in [1.54, 1.807) is 12.1 Å². The van der Waals surface area contributed by atoms with Gasteiger partial charge in [0.1, 0.15) is 0 Å². The van der Waals surface area contributed by atoms with Crippen LogP contribution in [0.5, 0.6) is 0 Å². The van der Waals surface area contributed by atoms with E-state index in [2.05, 4.69) is 10.6 Å². The summed E-state index contributed by atoms with van der Waals surface area (Å²) in [4.78, 5) is 23.6. The molecule has 0 bridgehead atoms. The number of hydrogen-bond acceptors (Lipinski definition) is 5. The molecule has 2 aromatic rings. The van der Waals surface area contributed by atoms with Gasteiger partial charge in [-0.05, 0) is 36.4 Å². The van der Waals surface area contributed by atoms with Gasteiger partial charge in [-0.1, -0.05) is 12.1 Å². The first-order valence-corrected chi connectivity index (χ1v) is 9.65. The minimum absolute atomic E-state index is 0.0827. The summed E-state index contributed by atoms with van der Waals surface area (Å²) in [6, 6.07) is 9.44. The third-order valence-electron chi connectivity index (χ3n) is 3.74. The van der Waals surface area contributed by atoms with Crippen molar-refractivity contribution in [3.63, 3.8) is 0 Å². The van der Waals surface area contributed by atoms with E-state index in [4.69, 9.17) is 4.74 Å². The third-order valence-corrected chi connectivity index (χ3v) is 5.25. The van der Waals surface area contributed by atoms with Gasteiger partial charge in [-0.3, -0.25) is 9.59 Å². The summed E-state index contributed by atoms with van der Waals surface area (Å²) in [5.41, 5.74) is -5.17. The molecule has 7 nitrogen and oxygen atoms in total. The second-order valence-corrected chi connectivity index (χ2v) is 7.66. The molecule has 11 heteroatoms. The van der Waals surface area contributed by atoms with Gasteiger partial charge >= 0.3 is 5.51 Å². The number of benzene rings is 2. The number of nitrogens with one attached hydrogen (secondary N) is 2. The van der Waals surface area contributed by atoms with Crippen molar-refractivity contribution in [1.29, 1.82) is 0 Å². The van der Waals surface area contributed by atoms with E-state index in [0.717, 1.165) is 12.1 Å². The predicted molar refractivity (Wildman–Crippen MR) is 98.3 cm³/mol. The zero-order valence-corrected chi connectivity index (χ0v) is 15.9. The first kappa shape index (κ1) is 22.4. The highest BCUT2D eigenvalue weighted by Gasteiger charge is 2.46. The van der Waals surface area contributed by atoms with Gasteiger partial charge in [-0.15, -0.1) is 0 Å². The molecule has 0 saturated carbocycles. The van der Waals surface area contributed by atoms with Gasteiger partial charge < -0.3 is 15.4 Å². The highest BCUT2D eigenvalue weighted by molar-refractivity contribution is 7.92. The number of rotatable bonds is 7. The molecular weight excluding hydrogens is 413 g/mol. The normalized spacial score (nSPS) is 11.7. The van der Waals surface area contributed by atoms with Crippen molar-refractivity contribution in [2.45, 2.75) is 10.4 Å². The van der Waals surface area contributed by atoms with E-state index >= 15 is 0 Å². The van der Waals surface area contributed by atoms with Crippen LogP contribution in [0.3, 0.4) is 0 Å². The Balaban J connectivity index is 2.18. The van der Waals surface area contributed by atoms with Gasteiger partial charge in [-0.25, -0.2) is 8.42 Å². The number of sulfone groups is 1. The molecule has 156 valence electrons. The average Bonchev–Trinajstić information content (AvgIpc) is 2.67. The van der Waals surface area contributed by atoms with Crippen LogP contribution in [0.2, 0.25) is 0 Å². The lowest BCUT2D eigenvalue weighted by molar-refractivity contribution is -0.0436. The second-order valence-electron chi connectivity index (χ2n) is 5.72. The van der Waals surface area contributed by atoms with Gasteiger partial charge in [0.2, 0.25) is 0 Å². The molecule has 0 spiro atoms. The van der Waals surface area contributed by atoms with Crippen LogP contribution >= 0.6 is 0 Å². The van der Waals surface area contributed by atoms with Crippen LogP contribution in [0.4, 0.5) is 18.9 Å². The SMILES string of the molecule is COCCNC(=O)c1ccccc1NC(=O)c1ccc(S(=O)(=O)C(F)(F)F)cc1. The molecular formula is C18H17F3N2O5S. The zero-order valence-electron chi connectivity index (χ0n) is 15.1. The summed E-state index contributed by atoms with van der Waals surface area (Å²) in [7, 11) is -4.02. The fourth-order valence-electron chi connectivity index (χ4n) is 2.27. The first-order chi connectivity index (χ1) is 13.6. The molecule has 0 aliphatic heterocycles. The number of para-hydroxylation sites is 1. The smallest absolute Gasteiger partial charge is 0.383 e. The van der Waals surface area contributed by atoms with Gasteiger partial charge in [0.15, 0.2) is 0 Å². The Labute approximate surface area is 164 Å². The van der Waals surface area contributed by atoms with Crippen molar-refractivity contribution in [3.8, 4) is 0 Å². The van der Waals surface area contributed by atoms with Crippen LogP contribution in [0, 0.1) is 0 Å². The average molecular weight is 430 g/mol. The molecule has 2 rings (SSSR count). The number of carbonyl (C=O) groups excluding carboxylic acids is 2. The van der Waals surface area contributed by atoms with E-state index in [-0.39, 0.29) is 23.4 Å². The van der Waals surface area contributed by atoms with E-state index in [1.165, 1.54) is 19.2 Å². The lowest BCUT2D eigenvalue weighted by atomic mass is 10.1. The van der Waals surface area contributed by atoms with Crippen LogP contribution in [0.1, 0.15) is 20.7 Å². The number of carbonyl (C=O) groups is 2. The molecule has 0 aromatic heterocycles. The van der Waals surface area contributed by atoms with Crippen LogP contribution in [0.25, 0.3) is 0 Å². The molecule has 29 heavy (non-hydrogen) atoms. The molecule has 0 aliphatic carbocycles. The molecule has 0 unspecified atom stereocenters. The van der Waals surface area contributed by atoms with Crippen molar-refractivity contribution in [1.82, 2.24) is 5.32 Å². The van der Waals surface area contributed by atoms with Crippen molar-refractivity contribution in [3.05, 3.63) is 59.7 Å². The summed E-state index contributed by atoms with van der Waals surface area (Å²) in [6.45, 7) is 0.556. The van der Waals surface area contributed by atoms with Crippen LogP contribution in [-0.2, 0) is 14.6 Å². The number of amides is 2. The number of ether oxygens (including phenoxy) is 1. The summed E-state index contributed by atoms with van der Waals surface area (Å²) >= 11 is 0. The van der Waals surface area contributed by atoms with E-state index in [1.807, 2.05) is 0 Å². The minimum atomic E-state index is -5.50. The fourth-order valence-corrected chi connectivity index (χ4v) is 3.03. The van der Waals surface area contributed by atoms with Gasteiger partial charge in [0.05, 0.1) is 22.8 Å². The van der Waals surface area contributed by atoms with Crippen molar-refractivity contribution < 1.29 is 35.9 Å². The molecule has 0 aliphatic rings. The van der Waals surface area contributed by atoms with Gasteiger partial charge in [-0.2, -0.15) is 13.2 Å². The van der Waals surface area contributed by atoms with Crippen molar-refractivity contribution in [2.24, 2.45) is 0 Å². The summed E-state index contributed by atoms with van der Waals surface area (Å²) in [6.07, 6.45) is 0.